The van der Waals surface area contributed by atoms with Crippen molar-refractivity contribution in [2.75, 3.05) is 5.75 Å². The molecule has 0 radical (unpaired) electrons. The van der Waals surface area contributed by atoms with Crippen LogP contribution in [-0.2, 0) is 16.6 Å². The number of sulfonamides is 1. The summed E-state index contributed by atoms with van der Waals surface area (Å²) in [5.74, 6) is -1.38. The fraction of sp³-hybridized carbons (Fsp3) is 0.417. The number of alkyl halides is 3. The number of Topliss-reactive ketones (excluding diaryl/α,β-unsaturated/α-hetero) is 1. The Balaban J connectivity index is 1.82. The van der Waals surface area contributed by atoms with Crippen LogP contribution in [0.15, 0.2) is 48.6 Å². The predicted molar refractivity (Wildman–Crippen MR) is 127 cm³/mol. The molecule has 1 heterocycles. The Morgan fingerprint density at radius 1 is 1.23 bits per heavy atom. The van der Waals surface area contributed by atoms with E-state index in [0.717, 1.165) is 0 Å². The maximum atomic E-state index is 12.7. The molecule has 0 amide bonds. The van der Waals surface area contributed by atoms with Crippen molar-refractivity contribution in [1.82, 2.24) is 14.5 Å². The summed E-state index contributed by atoms with van der Waals surface area (Å²) in [6, 6.07) is 8.46. The monoisotopic (exact) mass is 511 g/mol. The Bertz CT molecular complexity index is 1240. The molecule has 11 heteroatoms. The number of halogens is 3. The van der Waals surface area contributed by atoms with Gasteiger partial charge in [-0.25, -0.2) is 17.8 Å². The molecule has 1 aliphatic carbocycles. The Morgan fingerprint density at radius 2 is 1.89 bits per heavy atom. The molecular formula is C24H28F3N3O4S. The van der Waals surface area contributed by atoms with Crippen molar-refractivity contribution in [3.05, 3.63) is 59.8 Å². The van der Waals surface area contributed by atoms with E-state index in [1.165, 1.54) is 6.92 Å². The maximum absolute atomic E-state index is 12.7. The van der Waals surface area contributed by atoms with E-state index in [9.17, 15) is 26.4 Å². The lowest BCUT2D eigenvalue weighted by Gasteiger charge is -2.34. The first-order chi connectivity index (χ1) is 16.2. The molecule has 35 heavy (non-hydrogen) atoms. The number of carbonyl (C=O) groups excluding carboxylic acids is 1. The van der Waals surface area contributed by atoms with E-state index in [2.05, 4.69) is 9.82 Å². The zero-order valence-corrected chi connectivity index (χ0v) is 20.7. The van der Waals surface area contributed by atoms with Crippen molar-refractivity contribution in [3.8, 4) is 11.6 Å². The van der Waals surface area contributed by atoms with E-state index in [-0.39, 0.29) is 5.78 Å². The van der Waals surface area contributed by atoms with Crippen LogP contribution in [0.5, 0.6) is 11.6 Å². The van der Waals surface area contributed by atoms with E-state index in [1.807, 2.05) is 25.2 Å². The number of aryl methyl sites for hydroxylation is 1. The van der Waals surface area contributed by atoms with E-state index in [4.69, 9.17) is 4.74 Å². The second kappa shape index (κ2) is 9.98. The van der Waals surface area contributed by atoms with E-state index in [1.54, 1.807) is 48.9 Å². The minimum atomic E-state index is -4.83. The lowest BCUT2D eigenvalue weighted by atomic mass is 9.81. The average Bonchev–Trinajstić information content (AvgIpc) is 3.14. The number of rotatable bonds is 9. The number of benzene rings is 1. The lowest BCUT2D eigenvalue weighted by molar-refractivity contribution is -0.106. The highest BCUT2D eigenvalue weighted by atomic mass is 32.2. The van der Waals surface area contributed by atoms with Gasteiger partial charge >= 0.3 is 6.18 Å². The highest BCUT2D eigenvalue weighted by Gasteiger charge is 2.40. The fourth-order valence-corrected chi connectivity index (χ4v) is 5.27. The van der Waals surface area contributed by atoms with Crippen LogP contribution >= 0.6 is 0 Å². The topological polar surface area (TPSA) is 90.3 Å². The molecule has 1 unspecified atom stereocenters. The molecule has 1 atom stereocenters. The Morgan fingerprint density at radius 3 is 2.46 bits per heavy atom. The third-order valence-electron chi connectivity index (χ3n) is 5.59. The third-order valence-corrected chi connectivity index (χ3v) is 7.13. The first-order valence-corrected chi connectivity index (χ1v) is 12.7. The molecule has 1 aromatic carbocycles. The molecule has 0 saturated carbocycles. The van der Waals surface area contributed by atoms with Crippen LogP contribution in [0.4, 0.5) is 13.2 Å². The molecule has 3 rings (SSSR count). The van der Waals surface area contributed by atoms with Gasteiger partial charge in [-0.15, -0.1) is 0 Å². The molecule has 0 spiro atoms. The first kappa shape index (κ1) is 26.7. The fourth-order valence-electron chi connectivity index (χ4n) is 3.81. The quantitative estimate of drug-likeness (QED) is 0.472. The van der Waals surface area contributed by atoms with Gasteiger partial charge in [0.1, 0.15) is 5.75 Å². The van der Waals surface area contributed by atoms with Crippen LogP contribution in [0, 0.1) is 5.92 Å². The Labute approximate surface area is 202 Å². The van der Waals surface area contributed by atoms with Crippen LogP contribution in [0.2, 0.25) is 0 Å². The smallest absolute Gasteiger partial charge is 0.404 e. The van der Waals surface area contributed by atoms with Crippen LogP contribution in [0.1, 0.15) is 50.2 Å². The number of hydrogen-bond donors (Lipinski definition) is 1. The summed E-state index contributed by atoms with van der Waals surface area (Å²) in [5.41, 5.74) is 0.690. The van der Waals surface area contributed by atoms with E-state index in [0.29, 0.717) is 41.4 Å². The van der Waals surface area contributed by atoms with Crippen molar-refractivity contribution in [2.24, 2.45) is 5.92 Å². The van der Waals surface area contributed by atoms with Crippen molar-refractivity contribution < 1.29 is 31.1 Å². The van der Waals surface area contributed by atoms with Crippen molar-refractivity contribution in [1.29, 1.82) is 0 Å². The van der Waals surface area contributed by atoms with Crippen molar-refractivity contribution >= 4 is 21.4 Å². The molecule has 1 aliphatic rings. The minimum Gasteiger partial charge on any atom is -0.439 e. The van der Waals surface area contributed by atoms with Gasteiger partial charge in [0.15, 0.2) is 11.5 Å². The van der Waals surface area contributed by atoms with Gasteiger partial charge in [-0.05, 0) is 69.9 Å². The molecule has 190 valence electrons. The molecular weight excluding hydrogens is 483 g/mol. The SMILES string of the molecule is CCn1nc(C2=CC(C(C)(C)NS(=O)(=O)CC(F)(F)F)CC=C2)cc1Oc1ccc(C(C)=O)cc1. The summed E-state index contributed by atoms with van der Waals surface area (Å²) >= 11 is 0. The lowest BCUT2D eigenvalue weighted by Crippen LogP contribution is -2.50. The Hall–Kier alpha value is -2.92. The van der Waals surface area contributed by atoms with Gasteiger partial charge in [-0.2, -0.15) is 18.3 Å². The number of nitrogens with one attached hydrogen (secondary N) is 1. The molecule has 1 aromatic heterocycles. The zero-order chi connectivity index (χ0) is 26.0. The summed E-state index contributed by atoms with van der Waals surface area (Å²) in [6.45, 7) is 7.01. The highest BCUT2D eigenvalue weighted by molar-refractivity contribution is 7.89. The molecule has 0 fully saturated rings. The summed E-state index contributed by atoms with van der Waals surface area (Å²) in [7, 11) is -4.57. The number of hydrogen-bond acceptors (Lipinski definition) is 5. The van der Waals surface area contributed by atoms with E-state index >= 15 is 0 Å². The van der Waals surface area contributed by atoms with Gasteiger partial charge in [0.05, 0.1) is 5.69 Å². The number of ether oxygens (including phenoxy) is 1. The second-order valence-electron chi connectivity index (χ2n) is 8.93. The zero-order valence-electron chi connectivity index (χ0n) is 19.9. The molecule has 1 N–H and O–H groups in total. The van der Waals surface area contributed by atoms with Gasteiger partial charge in [-0.1, -0.05) is 18.2 Å². The van der Waals surface area contributed by atoms with Gasteiger partial charge < -0.3 is 4.74 Å². The van der Waals surface area contributed by atoms with Gasteiger partial charge in [0.2, 0.25) is 15.9 Å². The largest absolute Gasteiger partial charge is 0.439 e. The number of nitrogens with zero attached hydrogens (tertiary/aromatic N) is 2. The van der Waals surface area contributed by atoms with Crippen molar-refractivity contribution in [2.45, 2.75) is 52.4 Å². The molecule has 0 bridgehead atoms. The van der Waals surface area contributed by atoms with Gasteiger partial charge in [0, 0.05) is 23.7 Å². The third kappa shape index (κ3) is 7.04. The molecule has 0 saturated heterocycles. The number of ketones is 1. The average molecular weight is 512 g/mol. The second-order valence-corrected chi connectivity index (χ2v) is 10.7. The predicted octanol–water partition coefficient (Wildman–Crippen LogP) is 5.12. The highest BCUT2D eigenvalue weighted by Crippen LogP contribution is 2.34. The number of carbonyl (C=O) groups is 1. The van der Waals surface area contributed by atoms with Crippen LogP contribution < -0.4 is 9.46 Å². The van der Waals surface area contributed by atoms with Crippen LogP contribution in [0.25, 0.3) is 5.57 Å². The van der Waals surface area contributed by atoms with Gasteiger partial charge in [0.25, 0.3) is 0 Å². The summed E-state index contributed by atoms with van der Waals surface area (Å²) in [4.78, 5) is 11.5. The summed E-state index contributed by atoms with van der Waals surface area (Å²) in [5, 5.41) is 4.56. The van der Waals surface area contributed by atoms with Crippen LogP contribution in [-0.4, -0.2) is 41.4 Å². The minimum absolute atomic E-state index is 0.0494. The van der Waals surface area contributed by atoms with Crippen molar-refractivity contribution in [3.63, 3.8) is 0 Å². The molecule has 7 nitrogen and oxygen atoms in total. The van der Waals surface area contributed by atoms with E-state index < -0.39 is 33.4 Å². The first-order valence-electron chi connectivity index (χ1n) is 11.0. The van der Waals surface area contributed by atoms with Gasteiger partial charge in [-0.3, -0.25) is 4.79 Å². The summed E-state index contributed by atoms with van der Waals surface area (Å²) < 4.78 is 71.9. The molecule has 0 aliphatic heterocycles. The standard InChI is InChI=1S/C24H28F3N3O4S/c1-5-30-22(34-20-11-9-17(10-12-20)16(2)31)14-21(28-30)18-7-6-8-19(13-18)23(3,4)29-35(32,33)15-24(25,26)27/h6-7,9-14,19,29H,5,8,15H2,1-4H3. The summed E-state index contributed by atoms with van der Waals surface area (Å²) in [6.07, 6.45) is 1.11. The maximum Gasteiger partial charge on any atom is 0.404 e. The Kier molecular flexibility index (Phi) is 7.61. The van der Waals surface area contributed by atoms with Crippen LogP contribution in [0.3, 0.4) is 0 Å². The normalized spacial score (nSPS) is 16.8. The number of aromatic nitrogens is 2. The molecule has 2 aromatic rings. The number of allylic oxidation sites excluding steroid dienone is 3.